The van der Waals surface area contributed by atoms with Crippen LogP contribution in [0.5, 0.6) is 0 Å². The Morgan fingerprint density at radius 1 is 1.00 bits per heavy atom. The molecular weight excluding hydrogens is 335 g/mol. The summed E-state index contributed by atoms with van der Waals surface area (Å²) in [5.41, 5.74) is 3.70. The lowest BCUT2D eigenvalue weighted by atomic mass is 9.71. The molecule has 2 aromatic carbocycles. The molecule has 0 saturated heterocycles. The standard InChI is InChI=1S/C25H25FO/c1-19-6-8-21(9-7-19)18-23(25(2)16-4-3-5-17-25)24(27)15-12-20-10-13-22(26)14-11-20/h3-4,6-15,18H,5,16-17H2,1-2H3/b15-12+,23-18-. The van der Waals surface area contributed by atoms with Crippen molar-refractivity contribution in [2.75, 3.05) is 0 Å². The molecule has 3 rings (SSSR count). The van der Waals surface area contributed by atoms with Crippen LogP contribution in [0.15, 0.2) is 72.3 Å². The van der Waals surface area contributed by atoms with Crippen molar-refractivity contribution in [3.05, 3.63) is 94.8 Å². The third-order valence-electron chi connectivity index (χ3n) is 5.20. The van der Waals surface area contributed by atoms with Crippen LogP contribution in [-0.4, -0.2) is 5.78 Å². The van der Waals surface area contributed by atoms with Gasteiger partial charge in [-0.15, -0.1) is 0 Å². The van der Waals surface area contributed by atoms with Gasteiger partial charge < -0.3 is 0 Å². The quantitative estimate of drug-likeness (QED) is 0.437. The van der Waals surface area contributed by atoms with E-state index >= 15 is 0 Å². The van der Waals surface area contributed by atoms with Gasteiger partial charge in [0.2, 0.25) is 0 Å². The monoisotopic (exact) mass is 360 g/mol. The van der Waals surface area contributed by atoms with Crippen LogP contribution in [-0.2, 0) is 4.79 Å². The zero-order valence-electron chi connectivity index (χ0n) is 15.9. The van der Waals surface area contributed by atoms with Crippen molar-refractivity contribution >= 4 is 17.9 Å². The van der Waals surface area contributed by atoms with Crippen LogP contribution in [0.4, 0.5) is 4.39 Å². The summed E-state index contributed by atoms with van der Waals surface area (Å²) in [6.45, 7) is 4.22. The lowest BCUT2D eigenvalue weighted by Crippen LogP contribution is -2.25. The minimum atomic E-state index is -0.278. The fourth-order valence-corrected chi connectivity index (χ4v) is 3.42. The van der Waals surface area contributed by atoms with E-state index < -0.39 is 0 Å². The summed E-state index contributed by atoms with van der Waals surface area (Å²) < 4.78 is 13.1. The normalized spacial score (nSPS) is 20.2. The fraction of sp³-hybridized carbons (Fsp3) is 0.240. The molecule has 0 radical (unpaired) electrons. The zero-order chi connectivity index (χ0) is 19.3. The topological polar surface area (TPSA) is 17.1 Å². The van der Waals surface area contributed by atoms with Crippen molar-refractivity contribution in [1.82, 2.24) is 0 Å². The molecule has 1 nitrogen and oxygen atoms in total. The summed E-state index contributed by atoms with van der Waals surface area (Å²) in [7, 11) is 0. The van der Waals surface area contributed by atoms with Crippen molar-refractivity contribution < 1.29 is 9.18 Å². The minimum Gasteiger partial charge on any atom is -0.290 e. The van der Waals surface area contributed by atoms with Crippen molar-refractivity contribution in [1.29, 1.82) is 0 Å². The molecule has 1 atom stereocenters. The van der Waals surface area contributed by atoms with E-state index in [4.69, 9.17) is 0 Å². The van der Waals surface area contributed by atoms with Gasteiger partial charge in [-0.2, -0.15) is 0 Å². The molecule has 0 heterocycles. The van der Waals surface area contributed by atoms with Gasteiger partial charge in [0, 0.05) is 11.0 Å². The number of allylic oxidation sites excluding steroid dienone is 4. The summed E-state index contributed by atoms with van der Waals surface area (Å²) >= 11 is 0. The first kappa shape index (κ1) is 19.0. The minimum absolute atomic E-state index is 0.0118. The Morgan fingerprint density at radius 3 is 2.30 bits per heavy atom. The van der Waals surface area contributed by atoms with E-state index in [9.17, 15) is 9.18 Å². The van der Waals surface area contributed by atoms with Crippen molar-refractivity contribution in [3.63, 3.8) is 0 Å². The van der Waals surface area contributed by atoms with Crippen LogP contribution < -0.4 is 0 Å². The molecule has 27 heavy (non-hydrogen) atoms. The van der Waals surface area contributed by atoms with E-state index in [1.54, 1.807) is 24.3 Å². The van der Waals surface area contributed by atoms with E-state index in [1.165, 1.54) is 17.7 Å². The molecule has 1 aliphatic carbocycles. The second kappa shape index (κ2) is 8.30. The number of carbonyl (C=O) groups excluding carboxylic acids is 1. The first-order valence-corrected chi connectivity index (χ1v) is 9.38. The Balaban J connectivity index is 1.93. The van der Waals surface area contributed by atoms with Gasteiger partial charge in [0.25, 0.3) is 0 Å². The van der Waals surface area contributed by atoms with Gasteiger partial charge in [-0.05, 0) is 61.6 Å². The Morgan fingerprint density at radius 2 is 1.67 bits per heavy atom. The van der Waals surface area contributed by atoms with Gasteiger partial charge in [-0.25, -0.2) is 4.39 Å². The first-order chi connectivity index (χ1) is 13.0. The maximum Gasteiger partial charge on any atom is 0.182 e. The van der Waals surface area contributed by atoms with Gasteiger partial charge in [-0.3, -0.25) is 4.79 Å². The van der Waals surface area contributed by atoms with Crippen molar-refractivity contribution in [2.24, 2.45) is 5.41 Å². The zero-order valence-corrected chi connectivity index (χ0v) is 15.9. The van der Waals surface area contributed by atoms with E-state index in [0.717, 1.165) is 36.0 Å². The molecule has 0 aliphatic heterocycles. The van der Waals surface area contributed by atoms with Crippen LogP contribution in [0.1, 0.15) is 42.9 Å². The Labute approximate surface area is 160 Å². The van der Waals surface area contributed by atoms with E-state index in [2.05, 4.69) is 38.1 Å². The number of hydrogen-bond donors (Lipinski definition) is 0. The van der Waals surface area contributed by atoms with Gasteiger partial charge in [-0.1, -0.05) is 67.1 Å². The van der Waals surface area contributed by atoms with Gasteiger partial charge in [0.05, 0.1) is 0 Å². The SMILES string of the molecule is Cc1ccc(/C=C(/C(=O)/C=C/c2ccc(F)cc2)C2(C)CC=CCC2)cc1. The highest BCUT2D eigenvalue weighted by atomic mass is 19.1. The molecule has 138 valence electrons. The lowest BCUT2D eigenvalue weighted by molar-refractivity contribution is -0.112. The Kier molecular flexibility index (Phi) is 5.85. The number of hydrogen-bond acceptors (Lipinski definition) is 1. The first-order valence-electron chi connectivity index (χ1n) is 9.38. The van der Waals surface area contributed by atoms with Gasteiger partial charge in [0.15, 0.2) is 5.78 Å². The second-order valence-corrected chi connectivity index (χ2v) is 7.49. The number of carbonyl (C=O) groups is 1. The summed E-state index contributed by atoms with van der Waals surface area (Å²) in [4.78, 5) is 13.1. The molecule has 2 heteroatoms. The molecule has 2 aromatic rings. The van der Waals surface area contributed by atoms with Crippen LogP contribution >= 0.6 is 0 Å². The summed E-state index contributed by atoms with van der Waals surface area (Å²) in [5, 5.41) is 0. The van der Waals surface area contributed by atoms with Gasteiger partial charge in [0.1, 0.15) is 5.82 Å². The Bertz CT molecular complexity index is 885. The summed E-state index contributed by atoms with van der Waals surface area (Å²) in [6.07, 6.45) is 12.5. The predicted octanol–water partition coefficient (Wildman–Crippen LogP) is 6.55. The maximum atomic E-state index is 13.1. The highest BCUT2D eigenvalue weighted by molar-refractivity contribution is 6.10. The number of ketones is 1. The number of halogens is 1. The van der Waals surface area contributed by atoms with Crippen LogP contribution in [0.3, 0.4) is 0 Å². The number of aryl methyl sites for hydroxylation is 1. The van der Waals surface area contributed by atoms with E-state index in [1.807, 2.05) is 18.2 Å². The molecule has 0 saturated carbocycles. The molecule has 0 bridgehead atoms. The highest BCUT2D eigenvalue weighted by Gasteiger charge is 2.32. The molecular formula is C25H25FO. The summed E-state index contributed by atoms with van der Waals surface area (Å²) in [6, 6.07) is 14.4. The molecule has 0 N–H and O–H groups in total. The van der Waals surface area contributed by atoms with E-state index in [0.29, 0.717) is 0 Å². The smallest absolute Gasteiger partial charge is 0.182 e. The van der Waals surface area contributed by atoms with Gasteiger partial charge >= 0.3 is 0 Å². The summed E-state index contributed by atoms with van der Waals surface area (Å²) in [5.74, 6) is -0.266. The average molecular weight is 360 g/mol. The predicted molar refractivity (Wildman–Crippen MR) is 111 cm³/mol. The van der Waals surface area contributed by atoms with Crippen LogP contribution in [0.25, 0.3) is 12.2 Å². The average Bonchev–Trinajstić information content (AvgIpc) is 2.67. The lowest BCUT2D eigenvalue weighted by Gasteiger charge is -2.32. The third-order valence-corrected chi connectivity index (χ3v) is 5.20. The Hall–Kier alpha value is -2.74. The molecule has 1 aliphatic rings. The van der Waals surface area contributed by atoms with Crippen molar-refractivity contribution in [3.8, 4) is 0 Å². The third kappa shape index (κ3) is 4.91. The second-order valence-electron chi connectivity index (χ2n) is 7.49. The number of rotatable bonds is 5. The molecule has 0 fully saturated rings. The van der Waals surface area contributed by atoms with E-state index in [-0.39, 0.29) is 17.0 Å². The largest absolute Gasteiger partial charge is 0.290 e. The van der Waals surface area contributed by atoms with Crippen LogP contribution in [0, 0.1) is 18.2 Å². The number of benzene rings is 2. The van der Waals surface area contributed by atoms with Crippen LogP contribution in [0.2, 0.25) is 0 Å². The van der Waals surface area contributed by atoms with Crippen molar-refractivity contribution in [2.45, 2.75) is 33.1 Å². The molecule has 0 amide bonds. The maximum absolute atomic E-state index is 13.1. The fourth-order valence-electron chi connectivity index (χ4n) is 3.42. The molecule has 0 spiro atoms. The highest BCUT2D eigenvalue weighted by Crippen LogP contribution is 2.41. The molecule has 1 unspecified atom stereocenters. The molecule has 0 aromatic heterocycles.